The Kier molecular flexibility index (Phi) is 3.65. The molecule has 0 radical (unpaired) electrons. The van der Waals surface area contributed by atoms with E-state index in [1.807, 2.05) is 42.1 Å². The number of aryl methyl sites for hydroxylation is 1. The Morgan fingerprint density at radius 2 is 2.12 bits per heavy atom. The normalized spacial score (nSPS) is 10.2. The zero-order valence-electron chi connectivity index (χ0n) is 9.25. The lowest BCUT2D eigenvalue weighted by Crippen LogP contribution is -2.18. The van der Waals surface area contributed by atoms with Crippen LogP contribution in [0.1, 0.15) is 0 Å². The summed E-state index contributed by atoms with van der Waals surface area (Å²) >= 11 is 6.38. The summed E-state index contributed by atoms with van der Waals surface area (Å²) in [5.74, 6) is 0. The van der Waals surface area contributed by atoms with Gasteiger partial charge in [-0.3, -0.25) is 0 Å². The molecule has 0 atom stereocenters. The van der Waals surface area contributed by atoms with E-state index in [0.29, 0.717) is 0 Å². The molecule has 0 fully saturated rings. The minimum atomic E-state index is 0.273. The highest BCUT2D eigenvalue weighted by molar-refractivity contribution is 7.99. The molecule has 3 N–H and O–H groups in total. The minimum absolute atomic E-state index is 0.273. The first-order valence-electron chi connectivity index (χ1n) is 4.97. The molecule has 2 rings (SSSR count). The molecule has 6 heteroatoms. The zero-order chi connectivity index (χ0) is 12.3. The van der Waals surface area contributed by atoms with Crippen molar-refractivity contribution in [3.63, 3.8) is 0 Å². The number of rotatable bonds is 3. The summed E-state index contributed by atoms with van der Waals surface area (Å²) in [6.07, 6.45) is 3.70. The van der Waals surface area contributed by atoms with Gasteiger partial charge in [-0.05, 0) is 36.5 Å². The summed E-state index contributed by atoms with van der Waals surface area (Å²) < 4.78 is 1.98. The first-order chi connectivity index (χ1) is 8.15. The number of nitrogens with zero attached hydrogens (tertiary/aromatic N) is 2. The van der Waals surface area contributed by atoms with Gasteiger partial charge in [-0.25, -0.2) is 4.98 Å². The van der Waals surface area contributed by atoms with E-state index in [1.165, 1.54) is 0 Å². The lowest BCUT2D eigenvalue weighted by molar-refractivity contribution is 0.790. The van der Waals surface area contributed by atoms with Crippen molar-refractivity contribution < 1.29 is 0 Å². The summed E-state index contributed by atoms with van der Waals surface area (Å²) in [5.41, 5.74) is 6.28. The monoisotopic (exact) mass is 264 g/mol. The summed E-state index contributed by atoms with van der Waals surface area (Å²) in [7, 11) is 1.97. The second-order valence-electron chi connectivity index (χ2n) is 3.44. The third kappa shape index (κ3) is 3.21. The average Bonchev–Trinajstić information content (AvgIpc) is 2.67. The van der Waals surface area contributed by atoms with Crippen molar-refractivity contribution in [1.82, 2.24) is 9.55 Å². The predicted octanol–water partition coefficient (Wildman–Crippen LogP) is 2.23. The van der Waals surface area contributed by atoms with Gasteiger partial charge in [-0.1, -0.05) is 11.8 Å². The third-order valence-electron chi connectivity index (χ3n) is 2.11. The van der Waals surface area contributed by atoms with Crippen molar-refractivity contribution in [2.24, 2.45) is 12.8 Å². The Bertz CT molecular complexity index is 519. The van der Waals surface area contributed by atoms with Gasteiger partial charge in [0.2, 0.25) is 0 Å². The molecule has 0 spiro atoms. The molecular weight excluding hydrogens is 252 g/mol. The highest BCUT2D eigenvalue weighted by Gasteiger charge is 2.02. The Hall–Kier alpha value is -1.53. The fourth-order valence-electron chi connectivity index (χ4n) is 1.30. The van der Waals surface area contributed by atoms with Crippen LogP contribution in [-0.2, 0) is 7.05 Å². The van der Waals surface area contributed by atoms with Gasteiger partial charge < -0.3 is 15.6 Å². The third-order valence-corrected chi connectivity index (χ3v) is 3.29. The van der Waals surface area contributed by atoms with E-state index in [-0.39, 0.29) is 5.11 Å². The van der Waals surface area contributed by atoms with Gasteiger partial charge in [0, 0.05) is 30.0 Å². The van der Waals surface area contributed by atoms with E-state index < -0.39 is 0 Å². The quantitative estimate of drug-likeness (QED) is 0.833. The maximum absolute atomic E-state index is 5.39. The van der Waals surface area contributed by atoms with Gasteiger partial charge in [0.25, 0.3) is 0 Å². The number of nitrogens with one attached hydrogen (secondary N) is 1. The van der Waals surface area contributed by atoms with Crippen LogP contribution in [0.5, 0.6) is 0 Å². The van der Waals surface area contributed by atoms with Crippen LogP contribution in [0.3, 0.4) is 0 Å². The molecule has 17 heavy (non-hydrogen) atoms. The van der Waals surface area contributed by atoms with Crippen LogP contribution in [0, 0.1) is 0 Å². The van der Waals surface area contributed by atoms with Gasteiger partial charge in [0.15, 0.2) is 10.3 Å². The largest absolute Gasteiger partial charge is 0.376 e. The van der Waals surface area contributed by atoms with Gasteiger partial charge in [-0.2, -0.15) is 0 Å². The maximum atomic E-state index is 5.39. The Morgan fingerprint density at radius 1 is 1.41 bits per heavy atom. The summed E-state index contributed by atoms with van der Waals surface area (Å²) in [4.78, 5) is 5.37. The highest BCUT2D eigenvalue weighted by Crippen LogP contribution is 2.26. The van der Waals surface area contributed by atoms with E-state index in [1.54, 1.807) is 18.0 Å². The molecule has 88 valence electrons. The number of hydrogen-bond acceptors (Lipinski definition) is 3. The Labute approximate surface area is 109 Å². The van der Waals surface area contributed by atoms with E-state index in [9.17, 15) is 0 Å². The standard InChI is InChI=1S/C11H12N4S2/c1-15-7-6-13-11(15)17-9-4-2-8(3-5-9)14-10(12)16/h2-7H,1H3,(H3,12,14,16). The lowest BCUT2D eigenvalue weighted by atomic mass is 10.3. The van der Waals surface area contributed by atoms with Crippen molar-refractivity contribution in [2.45, 2.75) is 10.1 Å². The van der Waals surface area contributed by atoms with Gasteiger partial charge >= 0.3 is 0 Å². The Balaban J connectivity index is 2.08. The summed E-state index contributed by atoms with van der Waals surface area (Å²) in [6, 6.07) is 7.87. The molecule has 1 aromatic carbocycles. The lowest BCUT2D eigenvalue weighted by Gasteiger charge is -2.05. The molecule has 0 unspecified atom stereocenters. The summed E-state index contributed by atoms with van der Waals surface area (Å²) in [6.45, 7) is 0. The van der Waals surface area contributed by atoms with Crippen molar-refractivity contribution in [3.05, 3.63) is 36.7 Å². The van der Waals surface area contributed by atoms with Crippen molar-refractivity contribution >= 4 is 34.8 Å². The molecule has 4 nitrogen and oxygen atoms in total. The smallest absolute Gasteiger partial charge is 0.172 e. The number of anilines is 1. The fourth-order valence-corrected chi connectivity index (χ4v) is 2.22. The first kappa shape index (κ1) is 11.9. The van der Waals surface area contributed by atoms with Crippen LogP contribution >= 0.6 is 24.0 Å². The number of hydrogen-bond donors (Lipinski definition) is 2. The number of aromatic nitrogens is 2. The molecule has 0 aliphatic rings. The Morgan fingerprint density at radius 3 is 2.65 bits per heavy atom. The summed E-state index contributed by atoms with van der Waals surface area (Å²) in [5, 5.41) is 4.11. The predicted molar refractivity (Wildman–Crippen MR) is 74.2 cm³/mol. The van der Waals surface area contributed by atoms with Crippen LogP contribution in [-0.4, -0.2) is 14.7 Å². The zero-order valence-corrected chi connectivity index (χ0v) is 10.9. The fraction of sp³-hybridized carbons (Fsp3) is 0.0909. The van der Waals surface area contributed by atoms with Crippen molar-refractivity contribution in [3.8, 4) is 0 Å². The molecule has 0 bridgehead atoms. The second kappa shape index (κ2) is 5.20. The minimum Gasteiger partial charge on any atom is -0.376 e. The molecule has 0 aliphatic heterocycles. The van der Waals surface area contributed by atoms with E-state index >= 15 is 0 Å². The highest BCUT2D eigenvalue weighted by atomic mass is 32.2. The van der Waals surface area contributed by atoms with Crippen LogP contribution < -0.4 is 11.1 Å². The van der Waals surface area contributed by atoms with E-state index in [4.69, 9.17) is 18.0 Å². The second-order valence-corrected chi connectivity index (χ2v) is 4.92. The van der Waals surface area contributed by atoms with E-state index in [2.05, 4.69) is 10.3 Å². The SMILES string of the molecule is Cn1ccnc1Sc1ccc(NC(N)=S)cc1. The maximum Gasteiger partial charge on any atom is 0.172 e. The molecule has 0 saturated carbocycles. The molecule has 0 amide bonds. The number of imidazole rings is 1. The van der Waals surface area contributed by atoms with Crippen LogP contribution in [0.2, 0.25) is 0 Å². The van der Waals surface area contributed by atoms with Crippen molar-refractivity contribution in [1.29, 1.82) is 0 Å². The molecule has 1 heterocycles. The number of nitrogens with two attached hydrogens (primary N) is 1. The van der Waals surface area contributed by atoms with Crippen LogP contribution in [0.15, 0.2) is 46.7 Å². The molecule has 0 saturated heterocycles. The van der Waals surface area contributed by atoms with Gasteiger partial charge in [0.1, 0.15) is 0 Å². The van der Waals surface area contributed by atoms with Gasteiger partial charge in [-0.15, -0.1) is 0 Å². The molecule has 2 aromatic rings. The van der Waals surface area contributed by atoms with Crippen molar-refractivity contribution in [2.75, 3.05) is 5.32 Å². The molecule has 0 aliphatic carbocycles. The number of benzene rings is 1. The van der Waals surface area contributed by atoms with Gasteiger partial charge in [0.05, 0.1) is 0 Å². The number of thiocarbonyl (C=S) groups is 1. The molecule has 1 aromatic heterocycles. The van der Waals surface area contributed by atoms with Crippen LogP contribution in [0.4, 0.5) is 5.69 Å². The molecular formula is C11H12N4S2. The topological polar surface area (TPSA) is 55.9 Å². The van der Waals surface area contributed by atoms with E-state index in [0.717, 1.165) is 15.7 Å². The average molecular weight is 264 g/mol. The van der Waals surface area contributed by atoms with Crippen LogP contribution in [0.25, 0.3) is 0 Å². The first-order valence-corrected chi connectivity index (χ1v) is 6.19.